The topological polar surface area (TPSA) is 29.1 Å². The Hall–Kier alpha value is -1.31. The van der Waals surface area contributed by atoms with Crippen LogP contribution in [0.5, 0.6) is 0 Å². The molecule has 0 saturated heterocycles. The molecule has 0 spiro atoms. The quantitative estimate of drug-likeness (QED) is 0.575. The minimum atomic E-state index is -0.0131. The maximum Gasteiger partial charge on any atom is 0.221 e. The van der Waals surface area contributed by atoms with Gasteiger partial charge in [0, 0.05) is 12.6 Å². The molecular formula is C18H29NO. The Bertz CT molecular complexity index is 370. The molecule has 0 heterocycles. The molecule has 2 heteroatoms. The first-order chi connectivity index (χ1) is 9.72. The van der Waals surface area contributed by atoms with E-state index >= 15 is 0 Å². The second kappa shape index (κ2) is 10.5. The van der Waals surface area contributed by atoms with E-state index in [9.17, 15) is 4.79 Å². The summed E-state index contributed by atoms with van der Waals surface area (Å²) in [5, 5.41) is 2.79. The molecule has 1 N–H and O–H groups in total. The van der Waals surface area contributed by atoms with E-state index in [1.54, 1.807) is 0 Å². The van der Waals surface area contributed by atoms with Gasteiger partial charge in [-0.3, -0.25) is 4.79 Å². The lowest BCUT2D eigenvalue weighted by Gasteiger charge is -2.05. The normalized spacial score (nSPS) is 10.5. The smallest absolute Gasteiger partial charge is 0.221 e. The van der Waals surface area contributed by atoms with E-state index in [4.69, 9.17) is 0 Å². The van der Waals surface area contributed by atoms with Crippen LogP contribution in [0.15, 0.2) is 24.3 Å². The van der Waals surface area contributed by atoms with Gasteiger partial charge in [0.2, 0.25) is 5.91 Å². The predicted molar refractivity (Wildman–Crippen MR) is 87.1 cm³/mol. The third kappa shape index (κ3) is 7.98. The highest BCUT2D eigenvalue weighted by atomic mass is 16.1. The highest BCUT2D eigenvalue weighted by molar-refractivity contribution is 5.88. The number of carbonyl (C=O) groups is 1. The second-order valence-electron chi connectivity index (χ2n) is 5.60. The molecule has 20 heavy (non-hydrogen) atoms. The highest BCUT2D eigenvalue weighted by Gasteiger charge is 1.97. The highest BCUT2D eigenvalue weighted by Crippen LogP contribution is 2.14. The lowest BCUT2D eigenvalue weighted by atomic mass is 10.0. The zero-order chi connectivity index (χ0) is 14.6. The van der Waals surface area contributed by atoms with Gasteiger partial charge in [0.15, 0.2) is 0 Å². The van der Waals surface area contributed by atoms with Crippen LogP contribution in [-0.2, 0) is 11.2 Å². The average molecular weight is 275 g/mol. The summed E-state index contributed by atoms with van der Waals surface area (Å²) in [5.41, 5.74) is 2.25. The zero-order valence-electron chi connectivity index (χ0n) is 13.1. The van der Waals surface area contributed by atoms with Gasteiger partial charge in [-0.1, -0.05) is 64.0 Å². The second-order valence-corrected chi connectivity index (χ2v) is 5.60. The molecule has 1 rings (SSSR count). The van der Waals surface area contributed by atoms with Crippen molar-refractivity contribution in [1.29, 1.82) is 0 Å². The molecule has 2 nitrogen and oxygen atoms in total. The van der Waals surface area contributed by atoms with Gasteiger partial charge in [0.05, 0.1) is 0 Å². The number of rotatable bonds is 10. The van der Waals surface area contributed by atoms with Gasteiger partial charge in [-0.15, -0.1) is 0 Å². The molecule has 0 radical (unpaired) electrons. The minimum absolute atomic E-state index is 0.0131. The Labute approximate surface area is 124 Å². The van der Waals surface area contributed by atoms with Crippen molar-refractivity contribution in [3.05, 3.63) is 29.8 Å². The van der Waals surface area contributed by atoms with Crippen LogP contribution in [0.4, 0.5) is 5.69 Å². The number of amides is 1. The summed E-state index contributed by atoms with van der Waals surface area (Å²) in [5.74, 6) is -0.0131. The number of carbonyl (C=O) groups excluding carboxylic acids is 1. The van der Waals surface area contributed by atoms with Crippen molar-refractivity contribution < 1.29 is 4.79 Å². The molecule has 1 amide bonds. The number of aryl methyl sites for hydroxylation is 1. The van der Waals surface area contributed by atoms with Gasteiger partial charge in [-0.2, -0.15) is 0 Å². The Morgan fingerprint density at radius 3 is 2.00 bits per heavy atom. The predicted octanol–water partition coefficient (Wildman–Crippen LogP) is 5.33. The number of hydrogen-bond acceptors (Lipinski definition) is 1. The fourth-order valence-corrected chi connectivity index (χ4v) is 2.42. The van der Waals surface area contributed by atoms with Crippen LogP contribution in [0, 0.1) is 0 Å². The molecule has 0 saturated carbocycles. The summed E-state index contributed by atoms with van der Waals surface area (Å²) in [7, 11) is 0. The molecular weight excluding hydrogens is 246 g/mol. The maximum atomic E-state index is 10.9. The van der Waals surface area contributed by atoms with E-state index in [1.165, 1.54) is 63.9 Å². The standard InChI is InChI=1S/C18H29NO/c1-3-4-5-6-7-8-9-10-11-17-12-14-18(15-13-17)19-16(2)20/h12-15H,3-11H2,1-2H3,(H,19,20). The van der Waals surface area contributed by atoms with Gasteiger partial charge in [0.25, 0.3) is 0 Å². The Kier molecular flexibility index (Phi) is 8.77. The van der Waals surface area contributed by atoms with Crippen LogP contribution < -0.4 is 5.32 Å². The third-order valence-electron chi connectivity index (χ3n) is 3.59. The van der Waals surface area contributed by atoms with E-state index in [1.807, 2.05) is 12.1 Å². The molecule has 0 unspecified atom stereocenters. The van der Waals surface area contributed by atoms with Gasteiger partial charge in [-0.25, -0.2) is 0 Å². The van der Waals surface area contributed by atoms with Crippen molar-refractivity contribution in [2.75, 3.05) is 5.32 Å². The summed E-state index contributed by atoms with van der Waals surface area (Å²) in [6.45, 7) is 3.80. The van der Waals surface area contributed by atoms with E-state index in [0.29, 0.717) is 0 Å². The van der Waals surface area contributed by atoms with Gasteiger partial charge >= 0.3 is 0 Å². The van der Waals surface area contributed by atoms with Crippen LogP contribution in [0.1, 0.15) is 70.8 Å². The SMILES string of the molecule is CCCCCCCCCCc1ccc(NC(C)=O)cc1. The minimum Gasteiger partial charge on any atom is -0.326 e. The molecule has 0 aromatic heterocycles. The number of anilines is 1. The Balaban J connectivity index is 2.08. The average Bonchev–Trinajstić information content (AvgIpc) is 2.43. The first-order valence-electron chi connectivity index (χ1n) is 8.09. The van der Waals surface area contributed by atoms with Crippen LogP contribution in [-0.4, -0.2) is 5.91 Å². The first kappa shape index (κ1) is 16.7. The molecule has 0 fully saturated rings. The summed E-state index contributed by atoms with van der Waals surface area (Å²) in [4.78, 5) is 10.9. The molecule has 0 bridgehead atoms. The fraction of sp³-hybridized carbons (Fsp3) is 0.611. The third-order valence-corrected chi connectivity index (χ3v) is 3.59. The molecule has 0 aliphatic rings. The molecule has 1 aromatic carbocycles. The van der Waals surface area contributed by atoms with Gasteiger partial charge in [-0.05, 0) is 30.5 Å². The first-order valence-corrected chi connectivity index (χ1v) is 8.09. The number of hydrogen-bond donors (Lipinski definition) is 1. The number of unbranched alkanes of at least 4 members (excludes halogenated alkanes) is 7. The summed E-state index contributed by atoms with van der Waals surface area (Å²) < 4.78 is 0. The largest absolute Gasteiger partial charge is 0.326 e. The van der Waals surface area contributed by atoms with E-state index in [0.717, 1.165) is 12.1 Å². The van der Waals surface area contributed by atoms with Crippen molar-refractivity contribution >= 4 is 11.6 Å². The van der Waals surface area contributed by atoms with Crippen LogP contribution in [0.25, 0.3) is 0 Å². The summed E-state index contributed by atoms with van der Waals surface area (Å²) >= 11 is 0. The van der Waals surface area contributed by atoms with Crippen molar-refractivity contribution in [1.82, 2.24) is 0 Å². The lowest BCUT2D eigenvalue weighted by molar-refractivity contribution is -0.114. The molecule has 0 aliphatic heterocycles. The maximum absolute atomic E-state index is 10.9. The lowest BCUT2D eigenvalue weighted by Crippen LogP contribution is -2.05. The molecule has 112 valence electrons. The zero-order valence-corrected chi connectivity index (χ0v) is 13.1. The number of nitrogens with one attached hydrogen (secondary N) is 1. The van der Waals surface area contributed by atoms with Crippen LogP contribution in [0.3, 0.4) is 0 Å². The van der Waals surface area contributed by atoms with Crippen molar-refractivity contribution in [2.45, 2.75) is 71.6 Å². The van der Waals surface area contributed by atoms with E-state index in [2.05, 4.69) is 24.4 Å². The van der Waals surface area contributed by atoms with Crippen LogP contribution >= 0.6 is 0 Å². The summed E-state index contributed by atoms with van der Waals surface area (Å²) in [6.07, 6.45) is 12.0. The van der Waals surface area contributed by atoms with Crippen molar-refractivity contribution in [2.24, 2.45) is 0 Å². The fourth-order valence-electron chi connectivity index (χ4n) is 2.42. The van der Waals surface area contributed by atoms with E-state index in [-0.39, 0.29) is 5.91 Å². The van der Waals surface area contributed by atoms with Crippen LogP contribution in [0.2, 0.25) is 0 Å². The number of benzene rings is 1. The Morgan fingerprint density at radius 2 is 1.45 bits per heavy atom. The van der Waals surface area contributed by atoms with Gasteiger partial charge in [0.1, 0.15) is 0 Å². The van der Waals surface area contributed by atoms with Crippen molar-refractivity contribution in [3.63, 3.8) is 0 Å². The van der Waals surface area contributed by atoms with Gasteiger partial charge < -0.3 is 5.32 Å². The molecule has 1 aromatic rings. The van der Waals surface area contributed by atoms with E-state index < -0.39 is 0 Å². The molecule has 0 atom stereocenters. The monoisotopic (exact) mass is 275 g/mol. The van der Waals surface area contributed by atoms with Crippen molar-refractivity contribution in [3.8, 4) is 0 Å². The Morgan fingerprint density at radius 1 is 0.900 bits per heavy atom. The molecule has 0 aliphatic carbocycles. The summed E-state index contributed by atoms with van der Waals surface area (Å²) in [6, 6.07) is 8.21.